The van der Waals surface area contributed by atoms with Gasteiger partial charge in [0, 0.05) is 41.0 Å². The summed E-state index contributed by atoms with van der Waals surface area (Å²) in [4.78, 5) is 57.0. The van der Waals surface area contributed by atoms with Crippen molar-refractivity contribution >= 4 is 51.5 Å². The zero-order chi connectivity index (χ0) is 25.8. The Morgan fingerprint density at radius 3 is 2.50 bits per heavy atom. The number of nitrogen functional groups attached to an aromatic ring is 1. The van der Waals surface area contributed by atoms with E-state index in [0.29, 0.717) is 29.9 Å². The summed E-state index contributed by atoms with van der Waals surface area (Å²) in [7, 11) is 2.56. The molecule has 1 aromatic rings. The van der Waals surface area contributed by atoms with E-state index in [1.807, 2.05) is 0 Å². The van der Waals surface area contributed by atoms with E-state index in [9.17, 15) is 24.3 Å². The minimum Gasteiger partial charge on any atom is -0.481 e. The van der Waals surface area contributed by atoms with Crippen molar-refractivity contribution in [3.8, 4) is 0 Å². The largest absolute Gasteiger partial charge is 0.481 e. The fraction of sp³-hybridized carbons (Fsp3) is 0.545. The van der Waals surface area contributed by atoms with Crippen LogP contribution in [0.25, 0.3) is 0 Å². The maximum absolute atomic E-state index is 11.9. The normalized spacial score (nSPS) is 12.6. The van der Waals surface area contributed by atoms with Crippen molar-refractivity contribution in [2.45, 2.75) is 54.0 Å². The summed E-state index contributed by atoms with van der Waals surface area (Å²) >= 11 is 0. The monoisotopic (exact) mass is 512 g/mol. The Balaban J connectivity index is 3.05. The third kappa shape index (κ3) is 10.1. The van der Waals surface area contributed by atoms with E-state index in [1.165, 1.54) is 33.4 Å². The van der Waals surface area contributed by atoms with Crippen LogP contribution in [0.3, 0.4) is 0 Å². The molecule has 1 heterocycles. The van der Waals surface area contributed by atoms with Gasteiger partial charge in [-0.1, -0.05) is 35.4 Å². The van der Waals surface area contributed by atoms with E-state index in [0.717, 1.165) is 4.91 Å². The first kappa shape index (κ1) is 29.4. The number of hydrogen-bond donors (Lipinski definition) is 2. The SMILES string of the molecule is CC(=O)C[C@H](CSS/C(CCOC(=O)C(C)C)=C(/C)N(C=O)Cc1cnc(C)nc1N)C(=O)O. The number of carboxylic acid groups (broad SMARTS) is 1. The molecule has 0 saturated heterocycles. The van der Waals surface area contributed by atoms with Gasteiger partial charge in [0.15, 0.2) is 0 Å². The van der Waals surface area contributed by atoms with Crippen LogP contribution in [0.5, 0.6) is 0 Å². The van der Waals surface area contributed by atoms with Crippen molar-refractivity contribution in [1.29, 1.82) is 0 Å². The van der Waals surface area contributed by atoms with Crippen molar-refractivity contribution in [2.24, 2.45) is 11.8 Å². The standard InChI is InChI=1S/C22H32N4O6S2/c1-13(2)22(31)32-7-6-19(34-33-11-17(21(29)30)8-14(3)28)15(4)26(12-27)10-18-9-24-16(5)25-20(18)23/h9,12-13,17H,6-8,10-11H2,1-5H3,(H,29,30)(H2,23,24,25)/b19-15-/t17-/m1/s1. The van der Waals surface area contributed by atoms with Crippen LogP contribution in [-0.4, -0.2) is 56.5 Å². The number of ether oxygens (including phenoxy) is 1. The highest BCUT2D eigenvalue weighted by Gasteiger charge is 2.21. The number of carbonyl (C=O) groups is 4. The van der Waals surface area contributed by atoms with E-state index in [2.05, 4.69) is 9.97 Å². The number of amides is 1. The molecule has 1 atom stereocenters. The van der Waals surface area contributed by atoms with Gasteiger partial charge in [0.25, 0.3) is 0 Å². The number of ketones is 1. The number of allylic oxidation sites excluding steroid dienone is 1. The molecule has 34 heavy (non-hydrogen) atoms. The van der Waals surface area contributed by atoms with Gasteiger partial charge < -0.3 is 25.3 Å². The molecule has 0 aliphatic rings. The molecule has 0 bridgehead atoms. The van der Waals surface area contributed by atoms with Crippen LogP contribution < -0.4 is 5.73 Å². The first-order valence-corrected chi connectivity index (χ1v) is 13.0. The third-order valence-corrected chi connectivity index (χ3v) is 7.40. The van der Waals surface area contributed by atoms with E-state index in [-0.39, 0.29) is 48.8 Å². The van der Waals surface area contributed by atoms with Crippen LogP contribution >= 0.6 is 21.6 Å². The Labute approximate surface area is 207 Å². The lowest BCUT2D eigenvalue weighted by Crippen LogP contribution is -2.22. The Bertz CT molecular complexity index is 923. The average molecular weight is 513 g/mol. The van der Waals surface area contributed by atoms with Crippen LogP contribution in [-0.2, 0) is 30.5 Å². The van der Waals surface area contributed by atoms with Crippen molar-refractivity contribution in [1.82, 2.24) is 14.9 Å². The highest BCUT2D eigenvalue weighted by molar-refractivity contribution is 8.78. The zero-order valence-corrected chi connectivity index (χ0v) is 21.7. The molecule has 3 N–H and O–H groups in total. The number of Topliss-reactive ketones (excluding diaryl/α,β-unsaturated/α-hetero) is 1. The zero-order valence-electron chi connectivity index (χ0n) is 20.1. The molecule has 0 aliphatic carbocycles. The number of rotatable bonds is 15. The third-order valence-electron chi connectivity index (χ3n) is 4.68. The molecule has 0 fully saturated rings. The molecular weight excluding hydrogens is 480 g/mol. The number of esters is 1. The molecule has 12 heteroatoms. The van der Waals surface area contributed by atoms with Gasteiger partial charge in [-0.05, 0) is 20.8 Å². The molecular formula is C22H32N4O6S2. The van der Waals surface area contributed by atoms with E-state index in [1.54, 1.807) is 33.9 Å². The van der Waals surface area contributed by atoms with Crippen molar-refractivity contribution < 1.29 is 29.0 Å². The number of anilines is 1. The van der Waals surface area contributed by atoms with Gasteiger partial charge in [-0.3, -0.25) is 14.4 Å². The summed E-state index contributed by atoms with van der Waals surface area (Å²) in [5.74, 6) is -1.67. The second-order valence-electron chi connectivity index (χ2n) is 7.95. The minimum atomic E-state index is -1.04. The number of carbonyl (C=O) groups excluding carboxylic acids is 3. The summed E-state index contributed by atoms with van der Waals surface area (Å²) in [5.41, 5.74) is 7.14. The Morgan fingerprint density at radius 1 is 1.29 bits per heavy atom. The van der Waals surface area contributed by atoms with Gasteiger partial charge in [0.1, 0.15) is 17.4 Å². The lowest BCUT2D eigenvalue weighted by Gasteiger charge is -2.22. The number of aryl methyl sites for hydroxylation is 1. The van der Waals surface area contributed by atoms with E-state index >= 15 is 0 Å². The molecule has 0 spiro atoms. The number of nitrogens with two attached hydrogens (primary N) is 1. The number of carboxylic acids is 1. The molecule has 1 amide bonds. The molecule has 0 unspecified atom stereocenters. The fourth-order valence-corrected chi connectivity index (χ4v) is 5.43. The lowest BCUT2D eigenvalue weighted by molar-refractivity contribution is -0.147. The maximum atomic E-state index is 11.9. The highest BCUT2D eigenvalue weighted by Crippen LogP contribution is 2.37. The van der Waals surface area contributed by atoms with Crippen LogP contribution in [0, 0.1) is 18.8 Å². The van der Waals surface area contributed by atoms with Crippen LogP contribution in [0.1, 0.15) is 51.9 Å². The van der Waals surface area contributed by atoms with Crippen LogP contribution in [0.4, 0.5) is 5.82 Å². The second kappa shape index (κ2) is 14.6. The maximum Gasteiger partial charge on any atom is 0.308 e. The van der Waals surface area contributed by atoms with Crippen LogP contribution in [0.2, 0.25) is 0 Å². The van der Waals surface area contributed by atoms with Crippen molar-refractivity contribution in [2.75, 3.05) is 18.1 Å². The van der Waals surface area contributed by atoms with E-state index in [4.69, 9.17) is 10.5 Å². The fourth-order valence-electron chi connectivity index (χ4n) is 2.66. The van der Waals surface area contributed by atoms with E-state index < -0.39 is 11.9 Å². The minimum absolute atomic E-state index is 0.0555. The predicted octanol–water partition coefficient (Wildman–Crippen LogP) is 3.21. The van der Waals surface area contributed by atoms with Gasteiger partial charge >= 0.3 is 11.9 Å². The predicted molar refractivity (Wildman–Crippen MR) is 132 cm³/mol. The van der Waals surface area contributed by atoms with Crippen LogP contribution in [0.15, 0.2) is 16.8 Å². The number of nitrogens with zero attached hydrogens (tertiary/aromatic N) is 3. The number of aliphatic carboxylic acids is 1. The van der Waals surface area contributed by atoms with Crippen molar-refractivity contribution in [3.05, 3.63) is 28.2 Å². The Hall–Kier alpha value is -2.60. The molecule has 0 saturated carbocycles. The van der Waals surface area contributed by atoms with Crippen molar-refractivity contribution in [3.63, 3.8) is 0 Å². The summed E-state index contributed by atoms with van der Waals surface area (Å²) in [5, 5.41) is 9.36. The molecule has 0 aliphatic heterocycles. The van der Waals surface area contributed by atoms with Gasteiger partial charge in [-0.2, -0.15) is 0 Å². The Kier molecular flexibility index (Phi) is 12.7. The van der Waals surface area contributed by atoms with Gasteiger partial charge in [-0.25, -0.2) is 9.97 Å². The lowest BCUT2D eigenvalue weighted by atomic mass is 10.1. The number of aromatic nitrogens is 2. The summed E-state index contributed by atoms with van der Waals surface area (Å²) in [6.07, 6.45) is 2.50. The van der Waals surface area contributed by atoms with Gasteiger partial charge in [-0.15, -0.1) is 0 Å². The first-order valence-electron chi connectivity index (χ1n) is 10.6. The molecule has 188 valence electrons. The summed E-state index contributed by atoms with van der Waals surface area (Å²) in [6, 6.07) is 0. The highest BCUT2D eigenvalue weighted by atomic mass is 33.1. The molecule has 1 rings (SSSR count). The quantitative estimate of drug-likeness (QED) is 0.202. The Morgan fingerprint density at radius 2 is 1.97 bits per heavy atom. The topological polar surface area (TPSA) is 153 Å². The molecule has 0 aromatic carbocycles. The van der Waals surface area contributed by atoms with Gasteiger partial charge in [0.05, 0.1) is 25.0 Å². The second-order valence-corrected chi connectivity index (χ2v) is 10.4. The average Bonchev–Trinajstić information content (AvgIpc) is 2.75. The molecule has 0 radical (unpaired) electrons. The molecule has 1 aromatic heterocycles. The first-order chi connectivity index (χ1) is 16.0. The van der Waals surface area contributed by atoms with Gasteiger partial charge in [0.2, 0.25) is 6.41 Å². The summed E-state index contributed by atoms with van der Waals surface area (Å²) in [6.45, 7) is 8.53. The molecule has 10 nitrogen and oxygen atoms in total. The summed E-state index contributed by atoms with van der Waals surface area (Å²) < 4.78 is 5.29. The number of hydrogen-bond acceptors (Lipinski definition) is 10. The smallest absolute Gasteiger partial charge is 0.308 e.